The minimum atomic E-state index is 0.115. The molecule has 0 unspecified atom stereocenters. The van der Waals surface area contributed by atoms with Crippen molar-refractivity contribution in [3.8, 4) is 11.8 Å². The summed E-state index contributed by atoms with van der Waals surface area (Å²) < 4.78 is 0. The number of amides is 1. The van der Waals surface area contributed by atoms with Crippen LogP contribution >= 0.6 is 0 Å². The largest absolute Gasteiger partial charge is 0.339 e. The molecule has 1 aromatic carbocycles. The van der Waals surface area contributed by atoms with Gasteiger partial charge in [-0.05, 0) is 42.9 Å². The van der Waals surface area contributed by atoms with Crippen LogP contribution < -0.4 is 5.73 Å². The Labute approximate surface area is 127 Å². The van der Waals surface area contributed by atoms with Gasteiger partial charge in [-0.25, -0.2) is 0 Å². The minimum Gasteiger partial charge on any atom is -0.339 e. The number of carbonyl (C=O) groups excluding carboxylic acids is 1. The Kier molecular flexibility index (Phi) is 5.03. The summed E-state index contributed by atoms with van der Waals surface area (Å²) >= 11 is 0. The molecule has 1 saturated heterocycles. The molecule has 1 aromatic rings. The van der Waals surface area contributed by atoms with Crippen LogP contribution in [-0.2, 0) is 0 Å². The van der Waals surface area contributed by atoms with Crippen LogP contribution in [-0.4, -0.2) is 30.4 Å². The topological polar surface area (TPSA) is 46.3 Å². The summed E-state index contributed by atoms with van der Waals surface area (Å²) in [5.41, 5.74) is 7.29. The number of carbonyl (C=O) groups is 1. The zero-order valence-electron chi connectivity index (χ0n) is 13.0. The van der Waals surface area contributed by atoms with Crippen molar-refractivity contribution in [3.05, 3.63) is 35.4 Å². The summed E-state index contributed by atoms with van der Waals surface area (Å²) in [6.45, 7) is 6.58. The fourth-order valence-electron chi connectivity index (χ4n) is 2.69. The standard InChI is InChI=1S/C18H24N2O/c1-18(2)9-5-12-20(13-10-18)17(21)16-8-3-6-15(14-16)7-4-11-19/h3,6,8,14H,5,9-13,19H2,1-2H3. The highest BCUT2D eigenvalue weighted by atomic mass is 16.2. The predicted molar refractivity (Wildman–Crippen MR) is 85.9 cm³/mol. The van der Waals surface area contributed by atoms with Crippen LogP contribution in [0.3, 0.4) is 0 Å². The molecule has 0 aromatic heterocycles. The molecule has 1 fully saturated rings. The van der Waals surface area contributed by atoms with E-state index >= 15 is 0 Å². The molecule has 1 amide bonds. The van der Waals surface area contributed by atoms with Crippen molar-refractivity contribution in [3.63, 3.8) is 0 Å². The van der Waals surface area contributed by atoms with Gasteiger partial charge < -0.3 is 10.6 Å². The van der Waals surface area contributed by atoms with Gasteiger partial charge in [0.15, 0.2) is 0 Å². The molecule has 3 nitrogen and oxygen atoms in total. The van der Waals surface area contributed by atoms with E-state index in [1.54, 1.807) is 0 Å². The molecule has 21 heavy (non-hydrogen) atoms. The first-order valence-corrected chi connectivity index (χ1v) is 7.60. The second-order valence-corrected chi connectivity index (χ2v) is 6.40. The number of likely N-dealkylation sites (tertiary alicyclic amines) is 1. The van der Waals surface area contributed by atoms with E-state index in [1.165, 1.54) is 6.42 Å². The Morgan fingerprint density at radius 2 is 2.14 bits per heavy atom. The predicted octanol–water partition coefficient (Wildman–Crippen LogP) is 2.65. The van der Waals surface area contributed by atoms with Crippen LogP contribution in [0.2, 0.25) is 0 Å². The Bertz CT molecular complexity index is 566. The molecule has 0 atom stereocenters. The summed E-state index contributed by atoms with van der Waals surface area (Å²) in [7, 11) is 0. The second kappa shape index (κ2) is 6.78. The van der Waals surface area contributed by atoms with Gasteiger partial charge in [0.2, 0.25) is 0 Å². The first kappa shape index (κ1) is 15.6. The third-order valence-electron chi connectivity index (χ3n) is 4.07. The summed E-state index contributed by atoms with van der Waals surface area (Å²) in [5.74, 6) is 5.92. The molecule has 0 aliphatic carbocycles. The van der Waals surface area contributed by atoms with E-state index in [-0.39, 0.29) is 5.91 Å². The van der Waals surface area contributed by atoms with Gasteiger partial charge in [0.05, 0.1) is 6.54 Å². The first-order chi connectivity index (χ1) is 10.0. The molecule has 2 rings (SSSR count). The van der Waals surface area contributed by atoms with Crippen molar-refractivity contribution in [1.82, 2.24) is 4.90 Å². The van der Waals surface area contributed by atoms with Gasteiger partial charge in [0.1, 0.15) is 0 Å². The number of nitrogens with zero attached hydrogens (tertiary/aromatic N) is 1. The molecular weight excluding hydrogens is 260 g/mol. The zero-order valence-corrected chi connectivity index (χ0v) is 13.0. The molecule has 0 saturated carbocycles. The summed E-state index contributed by atoms with van der Waals surface area (Å²) in [6, 6.07) is 7.52. The summed E-state index contributed by atoms with van der Waals surface area (Å²) in [6.07, 6.45) is 3.32. The van der Waals surface area contributed by atoms with Crippen molar-refractivity contribution in [2.45, 2.75) is 33.1 Å². The van der Waals surface area contributed by atoms with Crippen molar-refractivity contribution < 1.29 is 4.79 Å². The van der Waals surface area contributed by atoms with Crippen LogP contribution in [0.1, 0.15) is 49.0 Å². The number of hydrogen-bond donors (Lipinski definition) is 1. The van der Waals surface area contributed by atoms with E-state index in [0.29, 0.717) is 12.0 Å². The number of rotatable bonds is 1. The molecular formula is C18H24N2O. The van der Waals surface area contributed by atoms with E-state index in [4.69, 9.17) is 5.73 Å². The lowest BCUT2D eigenvalue weighted by atomic mass is 9.85. The lowest BCUT2D eigenvalue weighted by Gasteiger charge is -2.23. The highest BCUT2D eigenvalue weighted by Crippen LogP contribution is 2.30. The minimum absolute atomic E-state index is 0.115. The average Bonchev–Trinajstić information content (AvgIpc) is 2.65. The van der Waals surface area contributed by atoms with Gasteiger partial charge in [-0.2, -0.15) is 0 Å². The Balaban J connectivity index is 2.12. The van der Waals surface area contributed by atoms with E-state index < -0.39 is 0 Å². The molecule has 1 heterocycles. The van der Waals surface area contributed by atoms with Gasteiger partial charge in [0.25, 0.3) is 5.91 Å². The molecule has 1 aliphatic rings. The Hall–Kier alpha value is -1.79. The van der Waals surface area contributed by atoms with Gasteiger partial charge in [-0.3, -0.25) is 4.79 Å². The van der Waals surface area contributed by atoms with Crippen molar-refractivity contribution in [1.29, 1.82) is 0 Å². The maximum Gasteiger partial charge on any atom is 0.253 e. The molecule has 112 valence electrons. The smallest absolute Gasteiger partial charge is 0.253 e. The molecule has 0 radical (unpaired) electrons. The Morgan fingerprint density at radius 3 is 2.90 bits per heavy atom. The number of benzene rings is 1. The van der Waals surface area contributed by atoms with Gasteiger partial charge in [-0.1, -0.05) is 31.8 Å². The van der Waals surface area contributed by atoms with E-state index in [0.717, 1.165) is 37.1 Å². The lowest BCUT2D eigenvalue weighted by molar-refractivity contribution is 0.0757. The molecule has 2 N–H and O–H groups in total. The fraction of sp³-hybridized carbons (Fsp3) is 0.500. The Morgan fingerprint density at radius 1 is 1.33 bits per heavy atom. The monoisotopic (exact) mass is 284 g/mol. The maximum atomic E-state index is 12.6. The van der Waals surface area contributed by atoms with Gasteiger partial charge in [0, 0.05) is 24.2 Å². The normalized spacial score (nSPS) is 17.6. The summed E-state index contributed by atoms with van der Waals surface area (Å²) in [4.78, 5) is 14.6. The number of hydrogen-bond acceptors (Lipinski definition) is 2. The van der Waals surface area contributed by atoms with Crippen LogP contribution in [0.4, 0.5) is 0 Å². The van der Waals surface area contributed by atoms with E-state index in [2.05, 4.69) is 25.7 Å². The van der Waals surface area contributed by atoms with Crippen LogP contribution in [0.25, 0.3) is 0 Å². The van der Waals surface area contributed by atoms with Crippen molar-refractivity contribution >= 4 is 5.91 Å². The van der Waals surface area contributed by atoms with Crippen molar-refractivity contribution in [2.24, 2.45) is 11.1 Å². The van der Waals surface area contributed by atoms with Crippen molar-refractivity contribution in [2.75, 3.05) is 19.6 Å². The second-order valence-electron chi connectivity index (χ2n) is 6.40. The van der Waals surface area contributed by atoms with E-state index in [9.17, 15) is 4.79 Å². The van der Waals surface area contributed by atoms with Crippen LogP contribution in [0.5, 0.6) is 0 Å². The fourth-order valence-corrected chi connectivity index (χ4v) is 2.69. The highest BCUT2D eigenvalue weighted by Gasteiger charge is 2.25. The van der Waals surface area contributed by atoms with Gasteiger partial charge >= 0.3 is 0 Å². The third-order valence-corrected chi connectivity index (χ3v) is 4.07. The third kappa shape index (κ3) is 4.34. The lowest BCUT2D eigenvalue weighted by Crippen LogP contribution is -2.32. The van der Waals surface area contributed by atoms with Crippen LogP contribution in [0.15, 0.2) is 24.3 Å². The first-order valence-electron chi connectivity index (χ1n) is 7.60. The highest BCUT2D eigenvalue weighted by molar-refractivity contribution is 5.94. The molecule has 0 bridgehead atoms. The maximum absolute atomic E-state index is 12.6. The van der Waals surface area contributed by atoms with E-state index in [1.807, 2.05) is 29.2 Å². The quantitative estimate of drug-likeness (QED) is 0.806. The summed E-state index contributed by atoms with van der Waals surface area (Å²) in [5, 5.41) is 0. The zero-order chi connectivity index (χ0) is 15.3. The van der Waals surface area contributed by atoms with Crippen LogP contribution in [0, 0.1) is 17.3 Å². The number of nitrogens with two attached hydrogens (primary N) is 1. The SMILES string of the molecule is CC1(C)CCCN(C(=O)c2cccc(C#CCN)c2)CC1. The molecule has 3 heteroatoms. The molecule has 1 aliphatic heterocycles. The van der Waals surface area contributed by atoms with Gasteiger partial charge in [-0.15, -0.1) is 0 Å². The molecule has 0 spiro atoms. The average molecular weight is 284 g/mol.